The third-order valence-electron chi connectivity index (χ3n) is 2.70. The molecule has 1 aromatic heterocycles. The number of hydrogen-bond acceptors (Lipinski definition) is 2. The molecule has 3 nitrogen and oxygen atoms in total. The molecule has 1 heterocycles. The van der Waals surface area contributed by atoms with Crippen LogP contribution in [0.2, 0.25) is 0 Å². The van der Waals surface area contributed by atoms with Crippen LogP contribution in [0.15, 0.2) is 30.3 Å². The van der Waals surface area contributed by atoms with Crippen molar-refractivity contribution in [1.29, 1.82) is 0 Å². The van der Waals surface area contributed by atoms with Gasteiger partial charge in [-0.2, -0.15) is 5.10 Å². The third-order valence-corrected chi connectivity index (χ3v) is 2.70. The normalized spacial score (nSPS) is 11.1. The first kappa shape index (κ1) is 11.7. The van der Waals surface area contributed by atoms with Crippen molar-refractivity contribution in [3.05, 3.63) is 36.0 Å². The summed E-state index contributed by atoms with van der Waals surface area (Å²) in [7, 11) is 0. The van der Waals surface area contributed by atoms with Gasteiger partial charge in [-0.25, -0.2) is 4.68 Å². The van der Waals surface area contributed by atoms with Crippen molar-refractivity contribution in [2.75, 3.05) is 0 Å². The van der Waals surface area contributed by atoms with Crippen molar-refractivity contribution in [1.82, 2.24) is 9.78 Å². The number of rotatable bonds is 3. The fourth-order valence-corrected chi connectivity index (χ4v) is 1.99. The second kappa shape index (κ2) is 4.62. The molecule has 1 aromatic carbocycles. The summed E-state index contributed by atoms with van der Waals surface area (Å²) in [6.45, 7) is 6.88. The maximum atomic E-state index is 10.2. The van der Waals surface area contributed by atoms with Gasteiger partial charge in [0.1, 0.15) is 0 Å². The number of hydrogen-bond donors (Lipinski definition) is 1. The Morgan fingerprint density at radius 2 is 1.88 bits per heavy atom. The van der Waals surface area contributed by atoms with E-state index in [4.69, 9.17) is 0 Å². The first-order chi connectivity index (χ1) is 8.09. The molecule has 0 saturated carbocycles. The standard InChI is InChI=1S/C14H18N2O/c1-10(2)9-16-14(17)13(11(3)15-16)12-7-5-4-6-8-12/h4-8,10,17H,9H2,1-3H3. The minimum Gasteiger partial charge on any atom is -0.493 e. The van der Waals surface area contributed by atoms with Crippen molar-refractivity contribution in [3.8, 4) is 17.0 Å². The van der Waals surface area contributed by atoms with E-state index in [0.29, 0.717) is 5.92 Å². The van der Waals surface area contributed by atoms with E-state index in [1.807, 2.05) is 37.3 Å². The first-order valence-corrected chi connectivity index (χ1v) is 5.91. The molecule has 0 aliphatic rings. The Balaban J connectivity index is 2.45. The molecule has 1 N–H and O–H groups in total. The van der Waals surface area contributed by atoms with Crippen molar-refractivity contribution in [2.24, 2.45) is 5.92 Å². The maximum Gasteiger partial charge on any atom is 0.217 e. The van der Waals surface area contributed by atoms with E-state index in [-0.39, 0.29) is 5.88 Å². The van der Waals surface area contributed by atoms with Crippen LogP contribution in [0, 0.1) is 12.8 Å². The molecule has 0 aliphatic heterocycles. The largest absolute Gasteiger partial charge is 0.493 e. The summed E-state index contributed by atoms with van der Waals surface area (Å²) in [5.74, 6) is 0.728. The first-order valence-electron chi connectivity index (χ1n) is 5.91. The lowest BCUT2D eigenvalue weighted by molar-refractivity contribution is 0.373. The zero-order valence-corrected chi connectivity index (χ0v) is 10.5. The van der Waals surface area contributed by atoms with Crippen LogP contribution in [0.4, 0.5) is 0 Å². The second-order valence-corrected chi connectivity index (χ2v) is 4.73. The number of nitrogens with zero attached hydrogens (tertiary/aromatic N) is 2. The molecule has 0 bridgehead atoms. The van der Waals surface area contributed by atoms with Gasteiger partial charge >= 0.3 is 0 Å². The Morgan fingerprint density at radius 1 is 1.24 bits per heavy atom. The highest BCUT2D eigenvalue weighted by molar-refractivity contribution is 5.70. The van der Waals surface area contributed by atoms with Crippen LogP contribution in [-0.4, -0.2) is 14.9 Å². The molecule has 0 radical (unpaired) electrons. The van der Waals surface area contributed by atoms with E-state index in [1.54, 1.807) is 4.68 Å². The predicted molar refractivity (Wildman–Crippen MR) is 68.9 cm³/mol. The zero-order chi connectivity index (χ0) is 12.4. The summed E-state index contributed by atoms with van der Waals surface area (Å²) in [5.41, 5.74) is 2.72. The average molecular weight is 230 g/mol. The quantitative estimate of drug-likeness (QED) is 0.879. The lowest BCUT2D eigenvalue weighted by Gasteiger charge is -2.06. The Labute approximate surface area is 102 Å². The van der Waals surface area contributed by atoms with Gasteiger partial charge in [0.05, 0.1) is 11.3 Å². The van der Waals surface area contributed by atoms with Crippen LogP contribution >= 0.6 is 0 Å². The SMILES string of the molecule is Cc1nn(CC(C)C)c(O)c1-c1ccccc1. The molecule has 3 heteroatoms. The van der Waals surface area contributed by atoms with Crippen molar-refractivity contribution in [3.63, 3.8) is 0 Å². The molecule has 2 aromatic rings. The number of aryl methyl sites for hydroxylation is 1. The van der Waals surface area contributed by atoms with Gasteiger partial charge in [0, 0.05) is 6.54 Å². The lowest BCUT2D eigenvalue weighted by atomic mass is 10.1. The van der Waals surface area contributed by atoms with Gasteiger partial charge in [0.15, 0.2) is 0 Å². The zero-order valence-electron chi connectivity index (χ0n) is 10.5. The van der Waals surface area contributed by atoms with Crippen molar-refractivity contribution < 1.29 is 5.11 Å². The minimum atomic E-state index is 0.266. The molecule has 0 amide bonds. The molecule has 0 aliphatic carbocycles. The number of aromatic hydroxyl groups is 1. The molecule has 2 rings (SSSR count). The fraction of sp³-hybridized carbons (Fsp3) is 0.357. The van der Waals surface area contributed by atoms with Gasteiger partial charge in [-0.05, 0) is 18.4 Å². The molecule has 0 spiro atoms. The number of benzene rings is 1. The summed E-state index contributed by atoms with van der Waals surface area (Å²) in [6.07, 6.45) is 0. The van der Waals surface area contributed by atoms with Gasteiger partial charge in [-0.15, -0.1) is 0 Å². The summed E-state index contributed by atoms with van der Waals surface area (Å²) < 4.78 is 1.68. The molecule has 0 atom stereocenters. The predicted octanol–water partition coefficient (Wildman–Crippen LogP) is 3.22. The monoisotopic (exact) mass is 230 g/mol. The Kier molecular flexibility index (Phi) is 3.18. The highest BCUT2D eigenvalue weighted by Gasteiger charge is 2.16. The van der Waals surface area contributed by atoms with Crippen LogP contribution in [0.5, 0.6) is 5.88 Å². The summed E-state index contributed by atoms with van der Waals surface area (Å²) >= 11 is 0. The number of aromatic nitrogens is 2. The molecule has 0 saturated heterocycles. The van der Waals surface area contributed by atoms with E-state index >= 15 is 0 Å². The maximum absolute atomic E-state index is 10.2. The van der Waals surface area contributed by atoms with Gasteiger partial charge in [0.2, 0.25) is 5.88 Å². The van der Waals surface area contributed by atoms with E-state index in [1.165, 1.54) is 0 Å². The molecule has 0 unspecified atom stereocenters. The Morgan fingerprint density at radius 3 is 2.47 bits per heavy atom. The van der Waals surface area contributed by atoms with Gasteiger partial charge in [-0.1, -0.05) is 44.2 Å². The Hall–Kier alpha value is -1.77. The van der Waals surface area contributed by atoms with E-state index < -0.39 is 0 Å². The minimum absolute atomic E-state index is 0.266. The highest BCUT2D eigenvalue weighted by atomic mass is 16.3. The molecular formula is C14H18N2O. The molecule has 17 heavy (non-hydrogen) atoms. The van der Waals surface area contributed by atoms with Crippen LogP contribution in [0.3, 0.4) is 0 Å². The highest BCUT2D eigenvalue weighted by Crippen LogP contribution is 2.32. The molecule has 90 valence electrons. The molecule has 0 fully saturated rings. The van der Waals surface area contributed by atoms with Gasteiger partial charge in [-0.3, -0.25) is 0 Å². The van der Waals surface area contributed by atoms with Crippen LogP contribution in [0.25, 0.3) is 11.1 Å². The topological polar surface area (TPSA) is 38.0 Å². The van der Waals surface area contributed by atoms with Crippen LogP contribution < -0.4 is 0 Å². The average Bonchev–Trinajstić information content (AvgIpc) is 2.54. The summed E-state index contributed by atoms with van der Waals surface area (Å²) in [5, 5.41) is 14.6. The van der Waals surface area contributed by atoms with Crippen molar-refractivity contribution >= 4 is 0 Å². The van der Waals surface area contributed by atoms with E-state index in [2.05, 4.69) is 18.9 Å². The Bertz CT molecular complexity index is 500. The summed E-state index contributed by atoms with van der Waals surface area (Å²) in [4.78, 5) is 0. The van der Waals surface area contributed by atoms with E-state index in [9.17, 15) is 5.11 Å². The van der Waals surface area contributed by atoms with E-state index in [0.717, 1.165) is 23.4 Å². The third kappa shape index (κ3) is 2.33. The second-order valence-electron chi connectivity index (χ2n) is 4.73. The lowest BCUT2D eigenvalue weighted by Crippen LogP contribution is -2.05. The van der Waals surface area contributed by atoms with Crippen LogP contribution in [-0.2, 0) is 6.54 Å². The van der Waals surface area contributed by atoms with Crippen LogP contribution in [0.1, 0.15) is 19.5 Å². The van der Waals surface area contributed by atoms with Gasteiger partial charge < -0.3 is 5.11 Å². The van der Waals surface area contributed by atoms with Crippen molar-refractivity contribution in [2.45, 2.75) is 27.3 Å². The smallest absolute Gasteiger partial charge is 0.217 e. The molecular weight excluding hydrogens is 212 g/mol. The summed E-state index contributed by atoms with van der Waals surface area (Å²) in [6, 6.07) is 9.88. The fourth-order valence-electron chi connectivity index (χ4n) is 1.99. The van der Waals surface area contributed by atoms with Gasteiger partial charge in [0.25, 0.3) is 0 Å².